The van der Waals surface area contributed by atoms with Gasteiger partial charge in [-0.3, -0.25) is 0 Å². The fourth-order valence-corrected chi connectivity index (χ4v) is 2.24. The number of aliphatic hydroxyl groups excluding tert-OH is 1. The van der Waals surface area contributed by atoms with Crippen molar-refractivity contribution in [1.82, 2.24) is 19.4 Å². The molecule has 0 aliphatic carbocycles. The normalized spacial score (nSPS) is 20.4. The van der Waals surface area contributed by atoms with Crippen LogP contribution in [0.3, 0.4) is 0 Å². The van der Waals surface area contributed by atoms with Crippen molar-refractivity contribution < 1.29 is 13.9 Å². The third-order valence-electron chi connectivity index (χ3n) is 3.23. The maximum Gasteiger partial charge on any atom is 0.224 e. The van der Waals surface area contributed by atoms with Crippen LogP contribution in [0.15, 0.2) is 40.9 Å². The number of aliphatic hydroxyl groups is 1. The van der Waals surface area contributed by atoms with Gasteiger partial charge in [-0.1, -0.05) is 5.10 Å². The lowest BCUT2D eigenvalue weighted by molar-refractivity contribution is 0.254. The molecular weight excluding hydrogens is 294 g/mol. The van der Waals surface area contributed by atoms with Crippen LogP contribution in [-0.4, -0.2) is 45.2 Å². The molecule has 9 heteroatoms. The van der Waals surface area contributed by atoms with E-state index in [1.54, 1.807) is 0 Å². The zero-order valence-corrected chi connectivity index (χ0v) is 11.5. The Kier molecular flexibility index (Phi) is 3.73. The van der Waals surface area contributed by atoms with Crippen molar-refractivity contribution in [1.29, 1.82) is 0 Å². The third kappa shape index (κ3) is 2.63. The minimum Gasteiger partial charge on any atom is -0.390 e. The molecule has 1 aromatic carbocycles. The summed E-state index contributed by atoms with van der Waals surface area (Å²) in [5.41, 5.74) is 0.118. The second-order valence-corrected chi connectivity index (χ2v) is 4.72. The molecule has 1 atom stereocenters. The lowest BCUT2D eigenvalue weighted by Gasteiger charge is -2.23. The van der Waals surface area contributed by atoms with Crippen molar-refractivity contribution >= 4 is 17.9 Å². The quantitative estimate of drug-likeness (QED) is 0.834. The minimum absolute atomic E-state index is 0.0902. The SMILES string of the molecule is OCC[N+]1(c2ccc(F)cc2F)C=NC(Cn2cncn2)=N1. The highest BCUT2D eigenvalue weighted by atomic mass is 19.1. The van der Waals surface area contributed by atoms with Crippen molar-refractivity contribution in [3.8, 4) is 0 Å². The van der Waals surface area contributed by atoms with Crippen LogP contribution in [0.4, 0.5) is 14.5 Å². The van der Waals surface area contributed by atoms with Gasteiger partial charge in [-0.05, 0) is 6.07 Å². The first-order valence-corrected chi connectivity index (χ1v) is 6.54. The number of amidine groups is 1. The van der Waals surface area contributed by atoms with E-state index in [-0.39, 0.29) is 30.0 Å². The molecule has 0 saturated carbocycles. The molecule has 0 radical (unpaired) electrons. The summed E-state index contributed by atoms with van der Waals surface area (Å²) in [7, 11) is 0. The summed E-state index contributed by atoms with van der Waals surface area (Å²) >= 11 is 0. The average Bonchev–Trinajstić information content (AvgIpc) is 3.10. The van der Waals surface area contributed by atoms with Crippen LogP contribution in [-0.2, 0) is 6.54 Å². The summed E-state index contributed by atoms with van der Waals surface area (Å²) in [6.07, 6.45) is 4.31. The molecule has 0 spiro atoms. The van der Waals surface area contributed by atoms with Crippen molar-refractivity contribution in [2.75, 3.05) is 13.2 Å². The van der Waals surface area contributed by atoms with Crippen molar-refractivity contribution in [3.05, 3.63) is 42.5 Å². The van der Waals surface area contributed by atoms with Gasteiger partial charge in [0.25, 0.3) is 0 Å². The monoisotopic (exact) mass is 307 g/mol. The predicted molar refractivity (Wildman–Crippen MR) is 76.1 cm³/mol. The van der Waals surface area contributed by atoms with Crippen molar-refractivity contribution in [2.45, 2.75) is 6.54 Å². The molecule has 2 heterocycles. The molecule has 1 aliphatic rings. The molecule has 1 aliphatic heterocycles. The summed E-state index contributed by atoms with van der Waals surface area (Å²) in [6, 6.07) is 3.23. The number of aliphatic imine (C=N–C) groups is 1. The molecule has 3 rings (SSSR count). The standard InChI is InChI=1S/C13H13F2N6O/c14-10-1-2-12(11(15)5-10)21(3-4-22)9-17-13(19-21)6-20-8-16-7-18-20/h1-2,5,7-9,22H,3-4,6H2/q+1. The summed E-state index contributed by atoms with van der Waals surface area (Å²) in [5, 5.41) is 17.6. The highest BCUT2D eigenvalue weighted by Crippen LogP contribution is 2.29. The van der Waals surface area contributed by atoms with Crippen molar-refractivity contribution in [3.63, 3.8) is 0 Å². The Balaban J connectivity index is 1.96. The number of halogens is 2. The Morgan fingerprint density at radius 2 is 2.14 bits per heavy atom. The van der Waals surface area contributed by atoms with E-state index < -0.39 is 11.6 Å². The molecule has 1 unspecified atom stereocenters. The van der Waals surface area contributed by atoms with Gasteiger partial charge in [0, 0.05) is 12.1 Å². The molecule has 0 saturated heterocycles. The van der Waals surface area contributed by atoms with Gasteiger partial charge in [0.05, 0.1) is 6.61 Å². The third-order valence-corrected chi connectivity index (χ3v) is 3.23. The number of hydrogen-bond acceptors (Lipinski definition) is 5. The zero-order valence-electron chi connectivity index (χ0n) is 11.5. The second kappa shape index (κ2) is 5.70. The number of nitrogens with zero attached hydrogens (tertiary/aromatic N) is 6. The van der Waals surface area contributed by atoms with Gasteiger partial charge in [-0.25, -0.2) is 18.4 Å². The molecule has 0 fully saturated rings. The van der Waals surface area contributed by atoms with E-state index in [0.29, 0.717) is 5.84 Å². The van der Waals surface area contributed by atoms with E-state index in [1.165, 1.54) is 29.7 Å². The molecule has 22 heavy (non-hydrogen) atoms. The first-order chi connectivity index (χ1) is 10.6. The van der Waals surface area contributed by atoms with E-state index in [0.717, 1.165) is 12.1 Å². The molecule has 0 amide bonds. The van der Waals surface area contributed by atoms with Crippen LogP contribution in [0, 0.1) is 11.6 Å². The molecule has 114 valence electrons. The Hall–Kier alpha value is -2.52. The molecule has 0 bridgehead atoms. The van der Waals surface area contributed by atoms with Gasteiger partial charge >= 0.3 is 0 Å². The topological polar surface area (TPSA) is 75.7 Å². The highest BCUT2D eigenvalue weighted by Gasteiger charge is 2.37. The Morgan fingerprint density at radius 1 is 1.27 bits per heavy atom. The van der Waals surface area contributed by atoms with Crippen LogP contribution in [0.5, 0.6) is 0 Å². The van der Waals surface area contributed by atoms with Crippen LogP contribution in [0.25, 0.3) is 0 Å². The van der Waals surface area contributed by atoms with Crippen LogP contribution in [0.2, 0.25) is 0 Å². The molecule has 2 aromatic rings. The first kappa shape index (κ1) is 14.4. The van der Waals surface area contributed by atoms with E-state index in [9.17, 15) is 13.9 Å². The average molecular weight is 307 g/mol. The second-order valence-electron chi connectivity index (χ2n) is 4.72. The number of benzene rings is 1. The Morgan fingerprint density at radius 3 is 2.82 bits per heavy atom. The summed E-state index contributed by atoms with van der Waals surface area (Å²) < 4.78 is 28.3. The smallest absolute Gasteiger partial charge is 0.224 e. The zero-order chi connectivity index (χ0) is 15.6. The Bertz CT molecular complexity index is 730. The molecule has 1 aromatic heterocycles. The van der Waals surface area contributed by atoms with E-state index >= 15 is 0 Å². The maximum atomic E-state index is 14.1. The number of rotatable bonds is 5. The fourth-order valence-electron chi connectivity index (χ4n) is 2.24. The number of aromatic nitrogens is 3. The van der Waals surface area contributed by atoms with Crippen LogP contribution >= 0.6 is 0 Å². The molecular formula is C13H13F2N6O+. The van der Waals surface area contributed by atoms with Gasteiger partial charge in [-0.15, -0.1) is 4.59 Å². The van der Waals surface area contributed by atoms with Gasteiger partial charge in [0.1, 0.15) is 31.6 Å². The lowest BCUT2D eigenvalue weighted by Crippen LogP contribution is -2.44. The van der Waals surface area contributed by atoms with E-state index in [2.05, 4.69) is 20.2 Å². The summed E-state index contributed by atoms with van der Waals surface area (Å²) in [5.74, 6) is -1.01. The summed E-state index contributed by atoms with van der Waals surface area (Å²) in [4.78, 5) is 7.98. The van der Waals surface area contributed by atoms with Gasteiger partial charge < -0.3 is 5.11 Å². The lowest BCUT2D eigenvalue weighted by atomic mass is 10.2. The summed E-state index contributed by atoms with van der Waals surface area (Å²) in [6.45, 7) is 0.126. The highest BCUT2D eigenvalue weighted by molar-refractivity contribution is 5.97. The fraction of sp³-hybridized carbons (Fsp3) is 0.231. The van der Waals surface area contributed by atoms with E-state index in [4.69, 9.17) is 0 Å². The Labute approximate surface area is 124 Å². The van der Waals surface area contributed by atoms with E-state index in [1.807, 2.05) is 0 Å². The van der Waals surface area contributed by atoms with Gasteiger partial charge in [0.2, 0.25) is 17.9 Å². The molecule has 7 nitrogen and oxygen atoms in total. The first-order valence-electron chi connectivity index (χ1n) is 6.54. The minimum atomic E-state index is -0.745. The van der Waals surface area contributed by atoms with Crippen LogP contribution in [0.1, 0.15) is 0 Å². The number of quaternary nitrogens is 1. The predicted octanol–water partition coefficient (Wildman–Crippen LogP) is 0.911. The van der Waals surface area contributed by atoms with Crippen molar-refractivity contribution in [2.24, 2.45) is 10.1 Å². The van der Waals surface area contributed by atoms with Gasteiger partial charge in [0.15, 0.2) is 5.82 Å². The maximum absolute atomic E-state index is 14.1. The van der Waals surface area contributed by atoms with Crippen LogP contribution < -0.4 is 4.59 Å². The number of hydrogen-bond donors (Lipinski definition) is 1. The van der Waals surface area contributed by atoms with Gasteiger partial charge in [-0.2, -0.15) is 10.1 Å². The largest absolute Gasteiger partial charge is 0.390 e. The molecule has 1 N–H and O–H groups in total.